The molecule has 0 aliphatic carbocycles. The maximum atomic E-state index is 11.2. The molecule has 0 spiro atoms. The fourth-order valence-electron chi connectivity index (χ4n) is 2.81. The number of fused-ring (bicyclic) bond motifs is 1. The molecule has 1 aliphatic heterocycles. The van der Waals surface area contributed by atoms with Crippen LogP contribution in [0.4, 0.5) is 0 Å². The zero-order valence-corrected chi connectivity index (χ0v) is 11.3. The molecule has 1 unspecified atom stereocenters. The molecule has 0 saturated carbocycles. The van der Waals surface area contributed by atoms with Crippen molar-refractivity contribution in [3.05, 3.63) is 65.0 Å². The molecule has 3 N–H and O–H groups in total. The number of rotatable bonds is 3. The highest BCUT2D eigenvalue weighted by Gasteiger charge is 2.28. The predicted octanol–water partition coefficient (Wildman–Crippen LogP) is 2.13. The van der Waals surface area contributed by atoms with E-state index in [-0.39, 0.29) is 17.9 Å². The molecule has 1 aromatic carbocycles. The third-order valence-electron chi connectivity index (χ3n) is 3.93. The summed E-state index contributed by atoms with van der Waals surface area (Å²) in [5, 5.41) is 3.49. The molecule has 0 radical (unpaired) electrons. The predicted molar refractivity (Wildman–Crippen MR) is 77.2 cm³/mol. The number of pyridine rings is 1. The van der Waals surface area contributed by atoms with Gasteiger partial charge in [0.05, 0.1) is 0 Å². The van der Waals surface area contributed by atoms with E-state index < -0.39 is 0 Å². The summed E-state index contributed by atoms with van der Waals surface area (Å²) < 4.78 is 0. The van der Waals surface area contributed by atoms with Crippen molar-refractivity contribution in [2.24, 2.45) is 5.73 Å². The van der Waals surface area contributed by atoms with E-state index in [9.17, 15) is 4.79 Å². The molecule has 4 heteroatoms. The number of primary amides is 1. The van der Waals surface area contributed by atoms with Crippen LogP contribution in [-0.4, -0.2) is 10.9 Å². The van der Waals surface area contributed by atoms with Crippen LogP contribution < -0.4 is 11.1 Å². The van der Waals surface area contributed by atoms with Crippen LogP contribution in [0, 0.1) is 0 Å². The number of hydrogen-bond acceptors (Lipinski definition) is 3. The lowest BCUT2D eigenvalue weighted by molar-refractivity contribution is 0.1000. The van der Waals surface area contributed by atoms with Crippen LogP contribution in [0.1, 0.15) is 46.1 Å². The van der Waals surface area contributed by atoms with Gasteiger partial charge in [-0.2, -0.15) is 0 Å². The molecular formula is C16H17N3O. The maximum Gasteiger partial charge on any atom is 0.248 e. The molecule has 0 saturated heterocycles. The van der Waals surface area contributed by atoms with E-state index in [1.54, 1.807) is 6.07 Å². The second-order valence-corrected chi connectivity index (χ2v) is 5.18. The first-order valence-electron chi connectivity index (χ1n) is 6.74. The number of hydrogen-bond donors (Lipinski definition) is 2. The summed E-state index contributed by atoms with van der Waals surface area (Å²) in [4.78, 5) is 15.7. The Morgan fingerprint density at radius 3 is 2.95 bits per heavy atom. The van der Waals surface area contributed by atoms with Crippen molar-refractivity contribution in [3.63, 3.8) is 0 Å². The Morgan fingerprint density at radius 2 is 2.25 bits per heavy atom. The van der Waals surface area contributed by atoms with Crippen molar-refractivity contribution in [1.82, 2.24) is 10.3 Å². The molecule has 1 aromatic heterocycles. The molecule has 1 aliphatic rings. The Hall–Kier alpha value is -2.20. The van der Waals surface area contributed by atoms with E-state index >= 15 is 0 Å². The van der Waals surface area contributed by atoms with Gasteiger partial charge in [0.25, 0.3) is 0 Å². The van der Waals surface area contributed by atoms with E-state index in [4.69, 9.17) is 5.73 Å². The first-order valence-corrected chi connectivity index (χ1v) is 6.74. The van der Waals surface area contributed by atoms with Crippen molar-refractivity contribution in [2.45, 2.75) is 25.4 Å². The molecule has 1 amide bonds. The van der Waals surface area contributed by atoms with Gasteiger partial charge in [-0.1, -0.05) is 19.1 Å². The van der Waals surface area contributed by atoms with Crippen molar-refractivity contribution in [3.8, 4) is 0 Å². The van der Waals surface area contributed by atoms with E-state index in [0.717, 1.165) is 17.8 Å². The Bertz CT molecular complexity index is 639. The third-order valence-corrected chi connectivity index (χ3v) is 3.93. The number of nitrogens with zero attached hydrogens (tertiary/aromatic N) is 1. The summed E-state index contributed by atoms with van der Waals surface area (Å²) in [6.07, 6.45) is 1.82. The quantitative estimate of drug-likeness (QED) is 0.895. The van der Waals surface area contributed by atoms with Crippen LogP contribution in [0.25, 0.3) is 0 Å². The molecule has 3 rings (SSSR count). The lowest BCUT2D eigenvalue weighted by Crippen LogP contribution is -2.19. The van der Waals surface area contributed by atoms with Crippen LogP contribution in [0.5, 0.6) is 0 Å². The van der Waals surface area contributed by atoms with Crippen molar-refractivity contribution in [2.75, 3.05) is 0 Å². The molecule has 2 aromatic rings. The Morgan fingerprint density at radius 1 is 1.40 bits per heavy atom. The van der Waals surface area contributed by atoms with Gasteiger partial charge in [-0.05, 0) is 35.4 Å². The summed E-state index contributed by atoms with van der Waals surface area (Å²) in [7, 11) is 0. The highest BCUT2D eigenvalue weighted by Crippen LogP contribution is 2.36. The average molecular weight is 267 g/mol. The minimum absolute atomic E-state index is 0.224. The molecule has 2 heterocycles. The van der Waals surface area contributed by atoms with Crippen LogP contribution in [0.15, 0.2) is 42.6 Å². The Labute approximate surface area is 118 Å². The van der Waals surface area contributed by atoms with Gasteiger partial charge in [0.1, 0.15) is 0 Å². The smallest absolute Gasteiger partial charge is 0.248 e. The van der Waals surface area contributed by atoms with Crippen molar-refractivity contribution in [1.29, 1.82) is 0 Å². The van der Waals surface area contributed by atoms with Gasteiger partial charge in [0.15, 0.2) is 0 Å². The van der Waals surface area contributed by atoms with E-state index in [1.165, 1.54) is 5.56 Å². The molecular weight excluding hydrogens is 250 g/mol. The highest BCUT2D eigenvalue weighted by atomic mass is 16.1. The standard InChI is InChI=1S/C16H17N3O/c1-10(14-4-2-3-7-18-14)15-13-6-5-11(16(17)20)8-12(13)9-19-15/h2-8,10,15,19H,9H2,1H3,(H2,17,20)/t10-,15?/m1/s1. The van der Waals surface area contributed by atoms with E-state index in [2.05, 4.69) is 17.2 Å². The second-order valence-electron chi connectivity index (χ2n) is 5.18. The van der Waals surface area contributed by atoms with E-state index in [0.29, 0.717) is 5.56 Å². The zero-order chi connectivity index (χ0) is 14.1. The fourth-order valence-corrected chi connectivity index (χ4v) is 2.81. The minimum Gasteiger partial charge on any atom is -0.366 e. The molecule has 102 valence electrons. The SMILES string of the molecule is C[C@H](c1ccccn1)C1NCc2cc(C(N)=O)ccc21. The first-order chi connectivity index (χ1) is 9.66. The topological polar surface area (TPSA) is 68.0 Å². The average Bonchev–Trinajstić information content (AvgIpc) is 2.90. The number of amides is 1. The number of benzene rings is 1. The molecule has 4 nitrogen and oxygen atoms in total. The highest BCUT2D eigenvalue weighted by molar-refractivity contribution is 5.93. The molecule has 0 bridgehead atoms. The van der Waals surface area contributed by atoms with Gasteiger partial charge >= 0.3 is 0 Å². The van der Waals surface area contributed by atoms with Crippen LogP contribution in [0.2, 0.25) is 0 Å². The largest absolute Gasteiger partial charge is 0.366 e. The van der Waals surface area contributed by atoms with Crippen LogP contribution >= 0.6 is 0 Å². The van der Waals surface area contributed by atoms with Gasteiger partial charge in [0.2, 0.25) is 5.91 Å². The minimum atomic E-state index is -0.381. The Balaban J connectivity index is 1.91. The number of nitrogens with two attached hydrogens (primary N) is 1. The number of aromatic nitrogens is 1. The monoisotopic (exact) mass is 267 g/mol. The zero-order valence-electron chi connectivity index (χ0n) is 11.3. The van der Waals surface area contributed by atoms with Gasteiger partial charge in [0, 0.05) is 36.0 Å². The molecule has 2 atom stereocenters. The fraction of sp³-hybridized carbons (Fsp3) is 0.250. The summed E-state index contributed by atoms with van der Waals surface area (Å²) in [5.74, 6) is -0.106. The summed E-state index contributed by atoms with van der Waals surface area (Å²) in [5.41, 5.74) is 9.33. The number of carbonyl (C=O) groups is 1. The first kappa shape index (κ1) is 12.8. The maximum absolute atomic E-state index is 11.2. The lowest BCUT2D eigenvalue weighted by Gasteiger charge is -2.20. The molecule has 20 heavy (non-hydrogen) atoms. The normalized spacial score (nSPS) is 18.6. The Kier molecular flexibility index (Phi) is 3.24. The van der Waals surface area contributed by atoms with Crippen LogP contribution in [-0.2, 0) is 6.54 Å². The van der Waals surface area contributed by atoms with Gasteiger partial charge in [-0.3, -0.25) is 9.78 Å². The number of nitrogens with one attached hydrogen (secondary N) is 1. The summed E-state index contributed by atoms with van der Waals surface area (Å²) in [6.45, 7) is 2.93. The number of carbonyl (C=O) groups excluding carboxylic acids is 1. The van der Waals surface area contributed by atoms with Crippen molar-refractivity contribution >= 4 is 5.91 Å². The lowest BCUT2D eigenvalue weighted by atomic mass is 9.91. The van der Waals surface area contributed by atoms with E-state index in [1.807, 2.05) is 36.5 Å². The van der Waals surface area contributed by atoms with Gasteiger partial charge in [-0.15, -0.1) is 0 Å². The second kappa shape index (κ2) is 5.06. The summed E-state index contributed by atoms with van der Waals surface area (Å²) in [6, 6.07) is 11.9. The van der Waals surface area contributed by atoms with Gasteiger partial charge in [-0.25, -0.2) is 0 Å². The van der Waals surface area contributed by atoms with Gasteiger partial charge < -0.3 is 11.1 Å². The third kappa shape index (κ3) is 2.18. The summed E-state index contributed by atoms with van der Waals surface area (Å²) >= 11 is 0. The van der Waals surface area contributed by atoms with Crippen LogP contribution in [0.3, 0.4) is 0 Å². The molecule has 0 fully saturated rings. The van der Waals surface area contributed by atoms with Crippen molar-refractivity contribution < 1.29 is 4.79 Å².